The Bertz CT molecular complexity index is 1150. The van der Waals surface area contributed by atoms with Gasteiger partial charge in [0.2, 0.25) is 0 Å². The molecule has 192 valence electrons. The predicted molar refractivity (Wildman–Crippen MR) is 129 cm³/mol. The van der Waals surface area contributed by atoms with Gasteiger partial charge in [-0.15, -0.1) is 0 Å². The SMILES string of the molecule is COC(=S)NC[C@H]1CN(c2cc(F)c(N3CCON(C(=O)c4ccccc4O)CC3)c(F)c2)C(=O)O1. The number of nitrogens with zero attached hydrogens (tertiary/aromatic N) is 3. The molecule has 0 saturated carbocycles. The van der Waals surface area contributed by atoms with Crippen molar-refractivity contribution < 1.29 is 37.8 Å². The molecule has 13 heteroatoms. The molecule has 2 N–H and O–H groups in total. The number of amides is 2. The Kier molecular flexibility index (Phi) is 7.70. The lowest BCUT2D eigenvalue weighted by atomic mass is 10.2. The lowest BCUT2D eigenvalue weighted by molar-refractivity contribution is -0.111. The highest BCUT2D eigenvalue weighted by Crippen LogP contribution is 2.31. The third kappa shape index (κ3) is 5.41. The number of para-hydroxylation sites is 1. The van der Waals surface area contributed by atoms with Gasteiger partial charge in [-0.05, 0) is 24.4 Å². The maximum absolute atomic E-state index is 15.1. The molecule has 0 bridgehead atoms. The van der Waals surface area contributed by atoms with Crippen molar-refractivity contribution in [3.05, 3.63) is 53.6 Å². The normalized spacial score (nSPS) is 18.0. The van der Waals surface area contributed by atoms with Gasteiger partial charge in [0.05, 0.1) is 44.6 Å². The summed E-state index contributed by atoms with van der Waals surface area (Å²) in [5.41, 5.74) is -0.226. The molecule has 0 aromatic heterocycles. The molecular formula is C23H24F2N4O6S. The Balaban J connectivity index is 1.44. The molecule has 36 heavy (non-hydrogen) atoms. The van der Waals surface area contributed by atoms with E-state index in [0.717, 1.165) is 22.1 Å². The predicted octanol–water partition coefficient (Wildman–Crippen LogP) is 2.41. The number of hydrogen-bond donors (Lipinski definition) is 2. The van der Waals surface area contributed by atoms with Crippen molar-refractivity contribution in [1.29, 1.82) is 0 Å². The minimum absolute atomic E-state index is 0.00423. The number of hydrogen-bond acceptors (Lipinski definition) is 8. The van der Waals surface area contributed by atoms with Crippen molar-refractivity contribution in [3.63, 3.8) is 0 Å². The van der Waals surface area contributed by atoms with Crippen LogP contribution in [0.2, 0.25) is 0 Å². The number of nitrogens with one attached hydrogen (secondary N) is 1. The van der Waals surface area contributed by atoms with Crippen molar-refractivity contribution >= 4 is 40.8 Å². The number of hydroxylamine groups is 2. The summed E-state index contributed by atoms with van der Waals surface area (Å²) in [6.07, 6.45) is -1.33. The summed E-state index contributed by atoms with van der Waals surface area (Å²) < 4.78 is 40.3. The third-order valence-corrected chi connectivity index (χ3v) is 6.02. The number of ether oxygens (including phenoxy) is 2. The Labute approximate surface area is 210 Å². The number of cyclic esters (lactones) is 1. The standard InChI is InChI=1S/C23H24F2N4O6S/c1-33-22(36)26-12-15-13-28(23(32)35-15)14-10-17(24)20(18(25)11-14)27-6-7-29(34-9-8-27)21(31)16-4-2-3-5-19(16)30/h2-5,10-11,15,30H,6-9,12-13H2,1H3,(H,26,36)/t15-/m0/s1. The van der Waals surface area contributed by atoms with E-state index in [-0.39, 0.29) is 67.2 Å². The van der Waals surface area contributed by atoms with Crippen molar-refractivity contribution in [1.82, 2.24) is 10.4 Å². The lowest BCUT2D eigenvalue weighted by Crippen LogP contribution is -2.35. The lowest BCUT2D eigenvalue weighted by Gasteiger charge is -2.24. The molecule has 2 heterocycles. The molecule has 2 saturated heterocycles. The van der Waals surface area contributed by atoms with Gasteiger partial charge in [-0.25, -0.2) is 18.6 Å². The maximum atomic E-state index is 15.1. The minimum atomic E-state index is -0.875. The van der Waals surface area contributed by atoms with Crippen LogP contribution >= 0.6 is 12.2 Å². The second kappa shape index (κ2) is 10.9. The van der Waals surface area contributed by atoms with E-state index in [1.54, 1.807) is 12.1 Å². The zero-order valence-electron chi connectivity index (χ0n) is 19.3. The van der Waals surface area contributed by atoms with Crippen molar-refractivity contribution in [2.45, 2.75) is 6.10 Å². The number of halogens is 2. The molecule has 10 nitrogen and oxygen atoms in total. The van der Waals surface area contributed by atoms with Crippen LogP contribution in [-0.4, -0.2) is 79.9 Å². The molecule has 1 atom stereocenters. The van der Waals surface area contributed by atoms with Crippen LogP contribution in [0.5, 0.6) is 5.75 Å². The number of anilines is 2. The van der Waals surface area contributed by atoms with E-state index in [4.69, 9.17) is 26.5 Å². The first-order valence-corrected chi connectivity index (χ1v) is 11.5. The number of aromatic hydroxyl groups is 1. The van der Waals surface area contributed by atoms with Crippen molar-refractivity contribution in [2.24, 2.45) is 0 Å². The van der Waals surface area contributed by atoms with Crippen LogP contribution in [0, 0.1) is 11.6 Å². The summed E-state index contributed by atoms with van der Waals surface area (Å²) in [5.74, 6) is -2.50. The summed E-state index contributed by atoms with van der Waals surface area (Å²) in [7, 11) is 1.40. The molecule has 2 fully saturated rings. The van der Waals surface area contributed by atoms with Crippen LogP contribution in [0.4, 0.5) is 25.0 Å². The number of phenolic OH excluding ortho intramolecular Hbond substituents is 1. The second-order valence-electron chi connectivity index (χ2n) is 7.99. The van der Waals surface area contributed by atoms with E-state index in [0.29, 0.717) is 0 Å². The quantitative estimate of drug-likeness (QED) is 0.573. The number of carbonyl (C=O) groups is 2. The number of phenols is 1. The van der Waals surface area contributed by atoms with E-state index < -0.39 is 29.7 Å². The molecule has 2 aliphatic heterocycles. The molecule has 0 unspecified atom stereocenters. The summed E-state index contributed by atoms with van der Waals surface area (Å²) in [6, 6.07) is 8.15. The summed E-state index contributed by atoms with van der Waals surface area (Å²) in [5, 5.41) is 13.9. The molecule has 2 amide bonds. The van der Waals surface area contributed by atoms with Crippen LogP contribution in [0.25, 0.3) is 0 Å². The van der Waals surface area contributed by atoms with Gasteiger partial charge in [0.15, 0.2) is 11.6 Å². The number of rotatable bonds is 5. The fraction of sp³-hybridized carbons (Fsp3) is 0.348. The highest BCUT2D eigenvalue weighted by atomic mass is 32.1. The number of thiocarbonyl (C=S) groups is 1. The molecule has 2 aromatic rings. The Morgan fingerprint density at radius 3 is 2.64 bits per heavy atom. The van der Waals surface area contributed by atoms with Gasteiger partial charge in [-0.1, -0.05) is 12.1 Å². The molecule has 2 aliphatic rings. The first-order valence-electron chi connectivity index (χ1n) is 11.0. The highest BCUT2D eigenvalue weighted by molar-refractivity contribution is 7.80. The van der Waals surface area contributed by atoms with Crippen LogP contribution < -0.4 is 15.1 Å². The largest absolute Gasteiger partial charge is 0.507 e. The first-order chi connectivity index (χ1) is 17.3. The van der Waals surface area contributed by atoms with Gasteiger partial charge >= 0.3 is 6.09 Å². The smallest absolute Gasteiger partial charge is 0.414 e. The molecule has 4 rings (SSSR count). The average Bonchev–Trinajstić information content (AvgIpc) is 3.06. The molecule has 2 aromatic carbocycles. The third-order valence-electron chi connectivity index (χ3n) is 5.71. The maximum Gasteiger partial charge on any atom is 0.414 e. The summed E-state index contributed by atoms with van der Waals surface area (Å²) >= 11 is 4.88. The summed E-state index contributed by atoms with van der Waals surface area (Å²) in [4.78, 5) is 33.0. The summed E-state index contributed by atoms with van der Waals surface area (Å²) in [6.45, 7) is 0.418. The minimum Gasteiger partial charge on any atom is -0.507 e. The Morgan fingerprint density at radius 2 is 1.94 bits per heavy atom. The van der Waals surface area contributed by atoms with Gasteiger partial charge in [-0.2, -0.15) is 0 Å². The van der Waals surface area contributed by atoms with E-state index in [1.165, 1.54) is 24.1 Å². The number of methoxy groups -OCH3 is 1. The second-order valence-corrected chi connectivity index (χ2v) is 8.36. The van der Waals surface area contributed by atoms with Crippen LogP contribution in [0.1, 0.15) is 10.4 Å². The molecule has 0 radical (unpaired) electrons. The van der Waals surface area contributed by atoms with Gasteiger partial charge in [0, 0.05) is 25.2 Å². The first kappa shape index (κ1) is 25.4. The van der Waals surface area contributed by atoms with E-state index in [2.05, 4.69) is 5.32 Å². The molecular weight excluding hydrogens is 498 g/mol. The van der Waals surface area contributed by atoms with Crippen LogP contribution in [-0.2, 0) is 14.3 Å². The van der Waals surface area contributed by atoms with Gasteiger partial charge in [0.25, 0.3) is 11.1 Å². The molecule has 0 spiro atoms. The van der Waals surface area contributed by atoms with Crippen LogP contribution in [0.15, 0.2) is 36.4 Å². The fourth-order valence-corrected chi connectivity index (χ4v) is 4.02. The van der Waals surface area contributed by atoms with E-state index in [1.807, 2.05) is 0 Å². The zero-order chi connectivity index (χ0) is 25.8. The Hall–Kier alpha value is -3.71. The average molecular weight is 523 g/mol. The number of benzene rings is 2. The molecule has 0 aliphatic carbocycles. The van der Waals surface area contributed by atoms with Gasteiger partial charge in [-0.3, -0.25) is 14.5 Å². The van der Waals surface area contributed by atoms with Crippen molar-refractivity contribution in [3.8, 4) is 5.75 Å². The fourth-order valence-electron chi connectivity index (χ4n) is 3.94. The van der Waals surface area contributed by atoms with Gasteiger partial charge in [0.1, 0.15) is 17.5 Å². The Morgan fingerprint density at radius 1 is 1.22 bits per heavy atom. The highest BCUT2D eigenvalue weighted by Gasteiger charge is 2.34. The zero-order valence-corrected chi connectivity index (χ0v) is 20.1. The van der Waals surface area contributed by atoms with E-state index in [9.17, 15) is 14.7 Å². The van der Waals surface area contributed by atoms with Gasteiger partial charge < -0.3 is 24.8 Å². The monoisotopic (exact) mass is 522 g/mol. The van der Waals surface area contributed by atoms with Crippen molar-refractivity contribution in [2.75, 3.05) is 56.2 Å². The van der Waals surface area contributed by atoms with Crippen LogP contribution in [0.3, 0.4) is 0 Å². The van der Waals surface area contributed by atoms with E-state index >= 15 is 8.78 Å². The number of carbonyl (C=O) groups excluding carboxylic acids is 2. The topological polar surface area (TPSA) is 104 Å².